The molecule has 0 rings (SSSR count). The minimum Gasteiger partial charge on any atom is -0.450 e. The van der Waals surface area contributed by atoms with E-state index >= 15 is 0 Å². The summed E-state index contributed by atoms with van der Waals surface area (Å²) >= 11 is 0. The Morgan fingerprint density at radius 1 is 0.522 bits per heavy atom. The van der Waals surface area contributed by atoms with E-state index in [-0.39, 0.29) is 0 Å². The molecular weight excluding hydrogens is 280 g/mol. The largest absolute Gasteiger partial charge is 0.450 e. The Bertz CT molecular complexity index is 261. The summed E-state index contributed by atoms with van der Waals surface area (Å²) in [6, 6.07) is 0. The van der Waals surface area contributed by atoms with Crippen LogP contribution in [0.1, 0.15) is 122 Å². The molecular formula is C22H42O. The van der Waals surface area contributed by atoms with Crippen LogP contribution in [0.15, 0.2) is 0 Å². The van der Waals surface area contributed by atoms with Gasteiger partial charge in [-0.25, -0.2) is 0 Å². The smallest absolute Gasteiger partial charge is 0.109 e. The van der Waals surface area contributed by atoms with Gasteiger partial charge in [-0.05, 0) is 6.42 Å². The van der Waals surface area contributed by atoms with E-state index in [9.17, 15) is 0 Å². The topological polar surface area (TPSA) is 9.23 Å². The number of methoxy groups -OCH3 is 1. The van der Waals surface area contributed by atoms with Crippen LogP contribution >= 0.6 is 0 Å². The van der Waals surface area contributed by atoms with Crippen molar-refractivity contribution in [3.63, 3.8) is 0 Å². The summed E-state index contributed by atoms with van der Waals surface area (Å²) in [6.45, 7) is 2.29. The molecule has 0 unspecified atom stereocenters. The van der Waals surface area contributed by atoms with Crippen molar-refractivity contribution < 1.29 is 4.74 Å². The highest BCUT2D eigenvalue weighted by molar-refractivity contribution is 4.90. The fourth-order valence-electron chi connectivity index (χ4n) is 3.06. The third-order valence-corrected chi connectivity index (χ3v) is 4.58. The number of ether oxygens (including phenoxy) is 1. The van der Waals surface area contributed by atoms with Crippen molar-refractivity contribution in [2.24, 2.45) is 0 Å². The maximum Gasteiger partial charge on any atom is 0.109 e. The molecule has 0 saturated heterocycles. The highest BCUT2D eigenvalue weighted by atomic mass is 16.5. The van der Waals surface area contributed by atoms with E-state index in [2.05, 4.69) is 19.0 Å². The molecule has 1 nitrogen and oxygen atoms in total. The summed E-state index contributed by atoms with van der Waals surface area (Å²) in [4.78, 5) is 0. The predicted molar refractivity (Wildman–Crippen MR) is 104 cm³/mol. The summed E-state index contributed by atoms with van der Waals surface area (Å²) in [5.74, 6) is 3.02. The second kappa shape index (κ2) is 21.4. The van der Waals surface area contributed by atoms with Crippen molar-refractivity contribution in [2.75, 3.05) is 7.11 Å². The number of unbranched alkanes of at least 4 members (excludes halogenated alkanes) is 17. The summed E-state index contributed by atoms with van der Waals surface area (Å²) < 4.78 is 4.71. The van der Waals surface area contributed by atoms with E-state index in [1.165, 1.54) is 109 Å². The highest BCUT2D eigenvalue weighted by Gasteiger charge is 1.94. The molecule has 0 saturated carbocycles. The Balaban J connectivity index is 2.97. The van der Waals surface area contributed by atoms with Gasteiger partial charge in [0.25, 0.3) is 0 Å². The molecule has 136 valence electrons. The van der Waals surface area contributed by atoms with Crippen LogP contribution in [0, 0.1) is 12.0 Å². The van der Waals surface area contributed by atoms with E-state index in [1.54, 1.807) is 7.11 Å². The molecule has 1 heteroatoms. The maximum atomic E-state index is 4.71. The molecule has 0 aliphatic carbocycles. The molecule has 0 aromatic carbocycles. The van der Waals surface area contributed by atoms with Gasteiger partial charge in [-0.1, -0.05) is 116 Å². The fourth-order valence-corrected chi connectivity index (χ4v) is 3.06. The van der Waals surface area contributed by atoms with Gasteiger partial charge in [0.15, 0.2) is 0 Å². The average Bonchev–Trinajstić information content (AvgIpc) is 2.57. The fraction of sp³-hybridized carbons (Fsp3) is 0.909. The van der Waals surface area contributed by atoms with Gasteiger partial charge < -0.3 is 4.74 Å². The average molecular weight is 323 g/mol. The lowest BCUT2D eigenvalue weighted by Crippen LogP contribution is -1.83. The predicted octanol–water partition coefficient (Wildman–Crippen LogP) is 7.64. The second-order valence-electron chi connectivity index (χ2n) is 6.89. The third-order valence-electron chi connectivity index (χ3n) is 4.58. The van der Waals surface area contributed by atoms with Crippen LogP contribution in [0.2, 0.25) is 0 Å². The molecule has 0 aliphatic rings. The van der Waals surface area contributed by atoms with Crippen LogP contribution in [0.5, 0.6) is 0 Å². The first-order chi connectivity index (χ1) is 11.4. The van der Waals surface area contributed by atoms with Crippen LogP contribution in [0.3, 0.4) is 0 Å². The zero-order valence-corrected chi connectivity index (χ0v) is 16.1. The van der Waals surface area contributed by atoms with Gasteiger partial charge in [-0.15, -0.1) is 0 Å². The Labute approximate surface area is 147 Å². The maximum absolute atomic E-state index is 4.71. The molecule has 0 aliphatic heterocycles. The lowest BCUT2D eigenvalue weighted by molar-refractivity contribution is 0.371. The molecule has 0 amide bonds. The van der Waals surface area contributed by atoms with Gasteiger partial charge in [0.05, 0.1) is 7.11 Å². The van der Waals surface area contributed by atoms with E-state index in [0.29, 0.717) is 0 Å². The van der Waals surface area contributed by atoms with Crippen molar-refractivity contribution in [1.82, 2.24) is 0 Å². The Morgan fingerprint density at radius 3 is 1.22 bits per heavy atom. The van der Waals surface area contributed by atoms with E-state index in [0.717, 1.165) is 6.42 Å². The molecule has 0 aromatic heterocycles. The molecule has 0 spiro atoms. The van der Waals surface area contributed by atoms with Crippen molar-refractivity contribution in [3.05, 3.63) is 0 Å². The van der Waals surface area contributed by atoms with Crippen molar-refractivity contribution in [2.45, 2.75) is 122 Å². The second-order valence-corrected chi connectivity index (χ2v) is 6.89. The molecule has 0 N–H and O–H groups in total. The zero-order chi connectivity index (χ0) is 16.8. The summed E-state index contributed by atoms with van der Waals surface area (Å²) in [6.07, 6.45) is 27.9. The standard InChI is InChI=1S/C22H42O/c1-3-4-5-6-7-8-9-10-11-12-13-14-15-16-17-18-19-20-21-22-23-2/h3-20H2,1-2H3. The quantitative estimate of drug-likeness (QED) is 0.197. The normalized spacial score (nSPS) is 10.3. The van der Waals surface area contributed by atoms with Crippen molar-refractivity contribution in [1.29, 1.82) is 0 Å². The Kier molecular flexibility index (Phi) is 20.8. The van der Waals surface area contributed by atoms with Crippen molar-refractivity contribution in [3.8, 4) is 12.0 Å². The van der Waals surface area contributed by atoms with E-state index < -0.39 is 0 Å². The molecule has 0 heterocycles. The van der Waals surface area contributed by atoms with Crippen molar-refractivity contribution >= 4 is 0 Å². The molecule has 0 bridgehead atoms. The molecule has 23 heavy (non-hydrogen) atoms. The number of hydrogen-bond acceptors (Lipinski definition) is 1. The number of rotatable bonds is 17. The lowest BCUT2D eigenvalue weighted by atomic mass is 10.0. The van der Waals surface area contributed by atoms with Gasteiger partial charge in [-0.2, -0.15) is 0 Å². The third kappa shape index (κ3) is 21.4. The molecule has 0 fully saturated rings. The van der Waals surface area contributed by atoms with Crippen LogP contribution < -0.4 is 0 Å². The van der Waals surface area contributed by atoms with Gasteiger partial charge in [0.2, 0.25) is 0 Å². The Morgan fingerprint density at radius 2 is 0.870 bits per heavy atom. The monoisotopic (exact) mass is 322 g/mol. The van der Waals surface area contributed by atoms with Crippen LogP contribution in [-0.4, -0.2) is 7.11 Å². The first-order valence-corrected chi connectivity index (χ1v) is 10.4. The first kappa shape index (κ1) is 22.4. The SMILES string of the molecule is CCCCCCCCCCCCCCCCCCCC#COC. The zero-order valence-electron chi connectivity index (χ0n) is 16.1. The summed E-state index contributed by atoms with van der Waals surface area (Å²) in [5.41, 5.74) is 0. The molecule has 0 aromatic rings. The molecule has 0 radical (unpaired) electrons. The van der Waals surface area contributed by atoms with Gasteiger partial charge in [0.1, 0.15) is 6.11 Å². The van der Waals surface area contributed by atoms with Crippen LogP contribution in [-0.2, 0) is 4.74 Å². The van der Waals surface area contributed by atoms with Crippen LogP contribution in [0.25, 0.3) is 0 Å². The Hall–Kier alpha value is -0.640. The van der Waals surface area contributed by atoms with Gasteiger partial charge >= 0.3 is 0 Å². The molecule has 0 atom stereocenters. The highest BCUT2D eigenvalue weighted by Crippen LogP contribution is 2.14. The number of hydrogen-bond donors (Lipinski definition) is 0. The van der Waals surface area contributed by atoms with E-state index in [1.807, 2.05) is 0 Å². The lowest BCUT2D eigenvalue weighted by Gasteiger charge is -2.03. The van der Waals surface area contributed by atoms with Gasteiger partial charge in [0, 0.05) is 6.42 Å². The first-order valence-electron chi connectivity index (χ1n) is 10.4. The van der Waals surface area contributed by atoms with E-state index in [4.69, 9.17) is 4.74 Å². The van der Waals surface area contributed by atoms with Gasteiger partial charge in [-0.3, -0.25) is 0 Å². The van der Waals surface area contributed by atoms with Crippen LogP contribution in [0.4, 0.5) is 0 Å². The minimum absolute atomic E-state index is 0.993. The summed E-state index contributed by atoms with van der Waals surface area (Å²) in [5, 5.41) is 0. The summed E-state index contributed by atoms with van der Waals surface area (Å²) in [7, 11) is 1.63. The minimum atomic E-state index is 0.993.